The molecule has 0 atom stereocenters. The highest BCUT2D eigenvalue weighted by Gasteiger charge is 2.24. The monoisotopic (exact) mass is 396 g/mol. The minimum atomic E-state index is -1.34. The molecule has 0 aromatic heterocycles. The first-order valence-corrected chi connectivity index (χ1v) is 8.76. The number of benzene rings is 2. The third-order valence-corrected chi connectivity index (χ3v) is 3.87. The average molecular weight is 396 g/mol. The molecule has 0 fully saturated rings. The fraction of sp³-hybridized carbons (Fsp3) is 0.190. The number of carbonyl (C=O) groups excluding carboxylic acids is 2. The number of aliphatic imine (C=N–C) groups is 1. The van der Waals surface area contributed by atoms with Gasteiger partial charge in [0.15, 0.2) is 17.2 Å². The lowest BCUT2D eigenvalue weighted by Crippen LogP contribution is -2.29. The molecule has 2 aromatic carbocycles. The summed E-state index contributed by atoms with van der Waals surface area (Å²) in [6.45, 7) is 1.85. The quantitative estimate of drug-likeness (QED) is 0.492. The Labute approximate surface area is 167 Å². The second-order valence-corrected chi connectivity index (χ2v) is 5.86. The van der Waals surface area contributed by atoms with Gasteiger partial charge in [0.1, 0.15) is 12.4 Å². The first-order valence-electron chi connectivity index (χ1n) is 8.76. The highest BCUT2D eigenvalue weighted by atomic mass is 16.6. The minimum Gasteiger partial charge on any atom is -0.546 e. The van der Waals surface area contributed by atoms with Gasteiger partial charge in [0, 0.05) is 5.56 Å². The molecule has 3 rings (SSSR count). The van der Waals surface area contributed by atoms with E-state index in [4.69, 9.17) is 18.9 Å². The van der Waals surface area contributed by atoms with Gasteiger partial charge in [-0.05, 0) is 55.0 Å². The summed E-state index contributed by atoms with van der Waals surface area (Å²) in [6, 6.07) is 11.8. The molecule has 1 aliphatic rings. The summed E-state index contributed by atoms with van der Waals surface area (Å²) in [5.41, 5.74) is 1.37. The molecule has 2 aromatic rings. The van der Waals surface area contributed by atoms with Gasteiger partial charge in [0.2, 0.25) is 5.90 Å². The van der Waals surface area contributed by atoms with E-state index in [9.17, 15) is 14.7 Å². The van der Waals surface area contributed by atoms with Crippen LogP contribution in [0, 0.1) is 0 Å². The van der Waals surface area contributed by atoms with E-state index < -0.39 is 18.5 Å². The van der Waals surface area contributed by atoms with Gasteiger partial charge in [0.25, 0.3) is 0 Å². The van der Waals surface area contributed by atoms with Crippen molar-refractivity contribution in [2.45, 2.75) is 6.92 Å². The Morgan fingerprint density at radius 3 is 2.55 bits per heavy atom. The fourth-order valence-corrected chi connectivity index (χ4v) is 2.58. The van der Waals surface area contributed by atoms with Crippen LogP contribution < -0.4 is 19.3 Å². The zero-order valence-corrected chi connectivity index (χ0v) is 15.8. The van der Waals surface area contributed by atoms with E-state index in [0.717, 1.165) is 0 Å². The predicted molar refractivity (Wildman–Crippen MR) is 102 cm³/mol. The second kappa shape index (κ2) is 8.92. The number of esters is 1. The molecule has 8 heteroatoms. The summed E-state index contributed by atoms with van der Waals surface area (Å²) in [6.07, 6.45) is 1.54. The van der Waals surface area contributed by atoms with Crippen LogP contribution in [0.25, 0.3) is 6.08 Å². The molecule has 0 saturated carbocycles. The van der Waals surface area contributed by atoms with E-state index in [2.05, 4.69) is 4.99 Å². The number of methoxy groups -OCH3 is 1. The van der Waals surface area contributed by atoms with Gasteiger partial charge in [-0.3, -0.25) is 0 Å². The van der Waals surface area contributed by atoms with Gasteiger partial charge in [-0.2, -0.15) is 0 Å². The topological polar surface area (TPSA) is 106 Å². The summed E-state index contributed by atoms with van der Waals surface area (Å²) in [5, 5.41) is 10.5. The largest absolute Gasteiger partial charge is 0.546 e. The van der Waals surface area contributed by atoms with E-state index in [1.807, 2.05) is 6.92 Å². The SMILES string of the molecule is CCOc1ccc(C2=N/C(=C\c3ccc(OCC(=O)[O-])c(OC)c3)C(=O)O2)cc1. The van der Waals surface area contributed by atoms with Crippen LogP contribution in [0.2, 0.25) is 0 Å². The number of aliphatic carboxylic acids is 1. The van der Waals surface area contributed by atoms with Crippen LogP contribution in [-0.4, -0.2) is 38.2 Å². The van der Waals surface area contributed by atoms with Gasteiger partial charge in [-0.25, -0.2) is 9.79 Å². The van der Waals surface area contributed by atoms with E-state index in [-0.39, 0.29) is 17.3 Å². The Hall–Kier alpha value is -3.81. The maximum absolute atomic E-state index is 12.2. The molecule has 0 N–H and O–H groups in total. The lowest BCUT2D eigenvalue weighted by Gasteiger charge is -2.11. The average Bonchev–Trinajstić information content (AvgIpc) is 3.08. The minimum absolute atomic E-state index is 0.124. The number of carboxylic acids is 1. The summed E-state index contributed by atoms with van der Waals surface area (Å²) in [5.74, 6) is -0.461. The Balaban J connectivity index is 1.82. The molecule has 0 aliphatic carbocycles. The maximum Gasteiger partial charge on any atom is 0.363 e. The molecule has 0 unspecified atom stereocenters. The van der Waals surface area contributed by atoms with Crippen LogP contribution in [0.5, 0.6) is 17.2 Å². The van der Waals surface area contributed by atoms with Crippen molar-refractivity contribution >= 4 is 23.9 Å². The van der Waals surface area contributed by atoms with Crippen LogP contribution in [0.15, 0.2) is 53.2 Å². The van der Waals surface area contributed by atoms with Crippen molar-refractivity contribution in [1.82, 2.24) is 0 Å². The van der Waals surface area contributed by atoms with Crippen molar-refractivity contribution in [3.8, 4) is 17.2 Å². The Morgan fingerprint density at radius 2 is 1.90 bits per heavy atom. The van der Waals surface area contributed by atoms with E-state index in [1.165, 1.54) is 19.3 Å². The number of cyclic esters (lactones) is 1. The molecule has 0 radical (unpaired) electrons. The van der Waals surface area contributed by atoms with Crippen molar-refractivity contribution in [3.63, 3.8) is 0 Å². The van der Waals surface area contributed by atoms with E-state index in [1.54, 1.807) is 36.4 Å². The van der Waals surface area contributed by atoms with Gasteiger partial charge in [-0.15, -0.1) is 0 Å². The summed E-state index contributed by atoms with van der Waals surface area (Å²) in [4.78, 5) is 27.0. The molecule has 0 amide bonds. The number of rotatable bonds is 8. The molecule has 0 spiro atoms. The number of carbonyl (C=O) groups is 2. The van der Waals surface area contributed by atoms with Crippen LogP contribution in [0.4, 0.5) is 0 Å². The van der Waals surface area contributed by atoms with Gasteiger partial charge in [-0.1, -0.05) is 6.07 Å². The number of hydrogen-bond acceptors (Lipinski definition) is 8. The third kappa shape index (κ3) is 4.92. The normalized spacial score (nSPS) is 14.3. The van der Waals surface area contributed by atoms with Crippen molar-refractivity contribution in [1.29, 1.82) is 0 Å². The highest BCUT2D eigenvalue weighted by Crippen LogP contribution is 2.30. The fourth-order valence-electron chi connectivity index (χ4n) is 2.58. The Morgan fingerprint density at radius 1 is 1.14 bits per heavy atom. The molecule has 1 aliphatic heterocycles. The van der Waals surface area contributed by atoms with Gasteiger partial charge in [0.05, 0.1) is 19.7 Å². The first-order chi connectivity index (χ1) is 14.0. The number of ether oxygens (including phenoxy) is 4. The third-order valence-electron chi connectivity index (χ3n) is 3.87. The van der Waals surface area contributed by atoms with Crippen molar-refractivity contribution in [3.05, 3.63) is 59.3 Å². The number of nitrogens with zero attached hydrogens (tertiary/aromatic N) is 1. The molecule has 0 saturated heterocycles. The molecule has 8 nitrogen and oxygen atoms in total. The molecule has 150 valence electrons. The van der Waals surface area contributed by atoms with Crippen molar-refractivity contribution in [2.24, 2.45) is 4.99 Å². The second-order valence-electron chi connectivity index (χ2n) is 5.86. The zero-order valence-electron chi connectivity index (χ0n) is 15.8. The Kier molecular flexibility index (Phi) is 6.13. The van der Waals surface area contributed by atoms with E-state index in [0.29, 0.717) is 29.2 Å². The Bertz CT molecular complexity index is 977. The van der Waals surface area contributed by atoms with Crippen LogP contribution in [0.3, 0.4) is 0 Å². The van der Waals surface area contributed by atoms with Crippen LogP contribution >= 0.6 is 0 Å². The molecule has 0 bridgehead atoms. The van der Waals surface area contributed by atoms with E-state index >= 15 is 0 Å². The molecule has 29 heavy (non-hydrogen) atoms. The van der Waals surface area contributed by atoms with Crippen molar-refractivity contribution in [2.75, 3.05) is 20.3 Å². The molecule has 1 heterocycles. The highest BCUT2D eigenvalue weighted by molar-refractivity contribution is 6.12. The standard InChI is InChI=1S/C21H19NO7/c1-3-27-15-7-5-14(6-8-15)20-22-16(21(25)29-20)10-13-4-9-17(18(11-13)26-2)28-12-19(23)24/h4-11H,3,12H2,1-2H3,(H,23,24)/p-1/b16-10-. The summed E-state index contributed by atoms with van der Waals surface area (Å²) < 4.78 is 20.9. The first kappa shape index (κ1) is 19.9. The summed E-state index contributed by atoms with van der Waals surface area (Å²) in [7, 11) is 1.42. The van der Waals surface area contributed by atoms with Gasteiger partial charge >= 0.3 is 5.97 Å². The van der Waals surface area contributed by atoms with Crippen LogP contribution in [-0.2, 0) is 14.3 Å². The lowest BCUT2D eigenvalue weighted by molar-refractivity contribution is -0.307. The zero-order chi connectivity index (χ0) is 20.8. The molecular formula is C21H18NO7-. The lowest BCUT2D eigenvalue weighted by atomic mass is 10.1. The number of carboxylic acid groups (broad SMARTS) is 1. The van der Waals surface area contributed by atoms with Crippen molar-refractivity contribution < 1.29 is 33.6 Å². The summed E-state index contributed by atoms with van der Waals surface area (Å²) >= 11 is 0. The van der Waals surface area contributed by atoms with Crippen LogP contribution in [0.1, 0.15) is 18.1 Å². The smallest absolute Gasteiger partial charge is 0.363 e. The maximum atomic E-state index is 12.2. The number of hydrogen-bond donors (Lipinski definition) is 0. The predicted octanol–water partition coefficient (Wildman–Crippen LogP) is 1.57. The molecular weight excluding hydrogens is 378 g/mol. The van der Waals surface area contributed by atoms with Gasteiger partial charge < -0.3 is 28.8 Å².